The molecule has 7 nitrogen and oxygen atoms in total. The Morgan fingerprint density at radius 2 is 1.65 bits per heavy atom. The van der Waals surface area contributed by atoms with Gasteiger partial charge in [0.2, 0.25) is 0 Å². The van der Waals surface area contributed by atoms with Crippen LogP contribution in [0.4, 0.5) is 17.3 Å². The second-order valence-corrected chi connectivity index (χ2v) is 10.00. The lowest BCUT2D eigenvalue weighted by atomic mass is 10.0. The first kappa shape index (κ1) is 23.8. The zero-order chi connectivity index (χ0) is 26.9. The van der Waals surface area contributed by atoms with Gasteiger partial charge in [-0.2, -0.15) is 5.10 Å². The number of thiazole rings is 1. The van der Waals surface area contributed by atoms with E-state index in [2.05, 4.69) is 15.5 Å². The molecule has 0 unspecified atom stereocenters. The predicted octanol–water partition coefficient (Wildman–Crippen LogP) is 7.95. The lowest BCUT2D eigenvalue weighted by molar-refractivity contribution is 0.563. The van der Waals surface area contributed by atoms with Crippen LogP contribution in [0.2, 0.25) is 0 Å². The summed E-state index contributed by atoms with van der Waals surface area (Å²) in [5, 5.41) is 16.4. The lowest BCUT2D eigenvalue weighted by Gasteiger charge is -2.05. The van der Waals surface area contributed by atoms with Gasteiger partial charge in [-0.25, -0.2) is 14.8 Å². The Morgan fingerprint density at radius 3 is 2.50 bits per heavy atom. The molecule has 40 heavy (non-hydrogen) atoms. The van der Waals surface area contributed by atoms with Crippen molar-refractivity contribution in [3.05, 3.63) is 124 Å². The molecule has 3 heterocycles. The molecule has 0 saturated carbocycles. The van der Waals surface area contributed by atoms with Crippen molar-refractivity contribution in [1.29, 1.82) is 0 Å². The molecule has 0 bridgehead atoms. The number of aromatic amines is 1. The van der Waals surface area contributed by atoms with Gasteiger partial charge < -0.3 is 9.73 Å². The number of anilines is 2. The topological polar surface area (TPSA) is 96.2 Å². The van der Waals surface area contributed by atoms with Gasteiger partial charge in [-0.05, 0) is 40.6 Å². The number of aliphatic imine (C=N–C) groups is 1. The average Bonchev–Trinajstić information content (AvgIpc) is 3.63. The molecule has 7 rings (SSSR count). The highest BCUT2D eigenvalue weighted by atomic mass is 32.1. The van der Waals surface area contributed by atoms with Gasteiger partial charge in [-0.3, -0.25) is 5.10 Å². The first-order valence-electron chi connectivity index (χ1n) is 12.6. The van der Waals surface area contributed by atoms with Crippen LogP contribution in [-0.4, -0.2) is 21.4 Å². The molecule has 0 fully saturated rings. The van der Waals surface area contributed by atoms with Gasteiger partial charge in [0, 0.05) is 22.7 Å². The maximum Gasteiger partial charge on any atom is 0.345 e. The molecule has 3 aromatic heterocycles. The van der Waals surface area contributed by atoms with E-state index in [9.17, 15) is 4.79 Å². The number of hydrogen-bond acceptors (Lipinski definition) is 7. The van der Waals surface area contributed by atoms with Gasteiger partial charge in [0.15, 0.2) is 11.6 Å². The molecule has 192 valence electrons. The summed E-state index contributed by atoms with van der Waals surface area (Å²) in [6.45, 7) is 0. The molecule has 0 spiro atoms. The Hall–Kier alpha value is -5.34. The van der Waals surface area contributed by atoms with E-state index >= 15 is 0 Å². The van der Waals surface area contributed by atoms with Crippen molar-refractivity contribution in [2.24, 2.45) is 4.99 Å². The van der Waals surface area contributed by atoms with Gasteiger partial charge in [0.1, 0.15) is 10.6 Å². The summed E-state index contributed by atoms with van der Waals surface area (Å²) in [7, 11) is 0. The third kappa shape index (κ3) is 4.46. The minimum Gasteiger partial charge on any atom is -0.422 e. The Balaban J connectivity index is 1.33. The van der Waals surface area contributed by atoms with Crippen LogP contribution in [0.15, 0.2) is 123 Å². The summed E-state index contributed by atoms with van der Waals surface area (Å²) in [5.41, 5.74) is 3.61. The fraction of sp³-hybridized carbons (Fsp3) is 0. The number of H-pyrrole nitrogens is 1. The lowest BCUT2D eigenvalue weighted by Crippen LogP contribution is -2.03. The number of para-hydroxylation sites is 1. The van der Waals surface area contributed by atoms with Crippen molar-refractivity contribution in [3.63, 3.8) is 0 Å². The summed E-state index contributed by atoms with van der Waals surface area (Å²) in [5.74, 6) is 1.14. The molecular weight excluding hydrogens is 518 g/mol. The molecule has 0 amide bonds. The van der Waals surface area contributed by atoms with Crippen LogP contribution >= 0.6 is 11.3 Å². The maximum absolute atomic E-state index is 13.0. The fourth-order valence-corrected chi connectivity index (χ4v) is 5.48. The normalized spacial score (nSPS) is 11.5. The van der Waals surface area contributed by atoms with E-state index in [1.165, 1.54) is 11.3 Å². The number of rotatable bonds is 6. The summed E-state index contributed by atoms with van der Waals surface area (Å²) in [4.78, 5) is 22.6. The summed E-state index contributed by atoms with van der Waals surface area (Å²) in [6, 6.07) is 33.3. The largest absolute Gasteiger partial charge is 0.422 e. The highest BCUT2D eigenvalue weighted by Gasteiger charge is 2.21. The molecule has 0 radical (unpaired) electrons. The van der Waals surface area contributed by atoms with Gasteiger partial charge in [-0.1, -0.05) is 78.9 Å². The van der Waals surface area contributed by atoms with E-state index in [0.29, 0.717) is 39.0 Å². The van der Waals surface area contributed by atoms with Crippen molar-refractivity contribution < 1.29 is 4.42 Å². The third-order valence-corrected chi connectivity index (χ3v) is 7.42. The number of nitrogens with one attached hydrogen (secondary N) is 2. The van der Waals surface area contributed by atoms with Crippen molar-refractivity contribution >= 4 is 56.6 Å². The molecule has 0 aliphatic carbocycles. The van der Waals surface area contributed by atoms with E-state index in [1.807, 2.05) is 109 Å². The molecule has 8 heteroatoms. The first-order chi connectivity index (χ1) is 19.7. The van der Waals surface area contributed by atoms with Gasteiger partial charge in [-0.15, -0.1) is 11.3 Å². The third-order valence-electron chi connectivity index (χ3n) is 6.56. The van der Waals surface area contributed by atoms with E-state index < -0.39 is 5.63 Å². The monoisotopic (exact) mass is 539 g/mol. The summed E-state index contributed by atoms with van der Waals surface area (Å²) >= 11 is 1.41. The molecule has 0 atom stereocenters. The minimum absolute atomic E-state index is 0.404. The van der Waals surface area contributed by atoms with E-state index in [4.69, 9.17) is 14.4 Å². The fourth-order valence-electron chi connectivity index (χ4n) is 4.62. The van der Waals surface area contributed by atoms with Gasteiger partial charge in [0.05, 0.1) is 16.8 Å². The SMILES string of the molecule is O=c1oc2ccc3ccccc3c2cc1-c1csc(-c2c(Nc3ccccc3)n[nH]c2/N=C/c2ccccc2)n1. The smallest absolute Gasteiger partial charge is 0.345 e. The Bertz CT molecular complexity index is 2060. The Labute approximate surface area is 232 Å². The Morgan fingerprint density at radius 1 is 0.875 bits per heavy atom. The van der Waals surface area contributed by atoms with Crippen LogP contribution < -0.4 is 10.9 Å². The van der Waals surface area contributed by atoms with Crippen LogP contribution in [0.5, 0.6) is 0 Å². The number of benzene rings is 4. The van der Waals surface area contributed by atoms with Gasteiger partial charge >= 0.3 is 5.63 Å². The van der Waals surface area contributed by atoms with Gasteiger partial charge in [0.25, 0.3) is 0 Å². The van der Waals surface area contributed by atoms with Crippen molar-refractivity contribution in [1.82, 2.24) is 15.2 Å². The maximum atomic E-state index is 13.0. The van der Waals surface area contributed by atoms with Crippen LogP contribution in [0, 0.1) is 0 Å². The van der Waals surface area contributed by atoms with E-state index in [-0.39, 0.29) is 0 Å². The van der Waals surface area contributed by atoms with Crippen LogP contribution in [0.1, 0.15) is 5.56 Å². The van der Waals surface area contributed by atoms with Crippen LogP contribution in [0.25, 0.3) is 43.6 Å². The van der Waals surface area contributed by atoms with Crippen molar-refractivity contribution in [2.75, 3.05) is 5.32 Å². The summed E-state index contributed by atoms with van der Waals surface area (Å²) in [6.07, 6.45) is 1.78. The Kier molecular flexibility index (Phi) is 5.99. The molecule has 2 N–H and O–H groups in total. The number of nitrogens with zero attached hydrogens (tertiary/aromatic N) is 3. The second-order valence-electron chi connectivity index (χ2n) is 9.14. The van der Waals surface area contributed by atoms with E-state index in [0.717, 1.165) is 27.4 Å². The first-order valence-corrected chi connectivity index (χ1v) is 13.5. The average molecular weight is 540 g/mol. The standard InChI is InChI=1S/C32H21N5O2S/c38-32-25(17-24-23-14-8-7-11-21(23)15-16-27(24)39-32)26-19-40-31(35-26)28-29(33-18-20-9-3-1-4-10-20)36-37-30(28)34-22-12-5-2-6-13-22/h1-19H,(H2,34,36,37)/b33-18+. The predicted molar refractivity (Wildman–Crippen MR) is 162 cm³/mol. The number of fused-ring (bicyclic) bond motifs is 3. The highest BCUT2D eigenvalue weighted by molar-refractivity contribution is 7.13. The zero-order valence-corrected chi connectivity index (χ0v) is 21.9. The minimum atomic E-state index is -0.434. The molecule has 0 saturated heterocycles. The van der Waals surface area contributed by atoms with E-state index in [1.54, 1.807) is 6.21 Å². The molecule has 7 aromatic rings. The zero-order valence-electron chi connectivity index (χ0n) is 21.0. The van der Waals surface area contributed by atoms with Crippen molar-refractivity contribution in [3.8, 4) is 21.8 Å². The van der Waals surface area contributed by atoms with Crippen LogP contribution in [-0.2, 0) is 0 Å². The molecular formula is C32H21N5O2S. The summed E-state index contributed by atoms with van der Waals surface area (Å²) < 4.78 is 5.72. The molecule has 4 aromatic carbocycles. The van der Waals surface area contributed by atoms with Crippen LogP contribution in [0.3, 0.4) is 0 Å². The second kappa shape index (κ2) is 10.1. The quantitative estimate of drug-likeness (QED) is 0.127. The number of aromatic nitrogens is 3. The molecule has 0 aliphatic rings. The highest BCUT2D eigenvalue weighted by Crippen LogP contribution is 2.39. The molecule has 0 aliphatic heterocycles. The number of hydrogen-bond donors (Lipinski definition) is 2. The van der Waals surface area contributed by atoms with Crippen molar-refractivity contribution in [2.45, 2.75) is 0 Å².